The van der Waals surface area contributed by atoms with Gasteiger partial charge in [0.25, 0.3) is 0 Å². The van der Waals surface area contributed by atoms with Gasteiger partial charge in [0, 0.05) is 0 Å². The lowest BCUT2D eigenvalue weighted by Crippen LogP contribution is -2.26. The predicted molar refractivity (Wildman–Crippen MR) is 58.7 cm³/mol. The SMILES string of the molecule is O=C1CC(=O)N(c2nc(Cl)c3[nH]cnc3n2)C1. The molecule has 3 heterocycles. The Morgan fingerprint density at radius 2 is 2.18 bits per heavy atom. The molecule has 1 fully saturated rings. The summed E-state index contributed by atoms with van der Waals surface area (Å²) in [5, 5.41) is 0.176. The van der Waals surface area contributed by atoms with Crippen LogP contribution in [0.2, 0.25) is 5.15 Å². The summed E-state index contributed by atoms with van der Waals surface area (Å²) in [5.41, 5.74) is 0.875. The molecule has 0 aliphatic carbocycles. The summed E-state index contributed by atoms with van der Waals surface area (Å²) < 4.78 is 0. The molecule has 0 atom stereocenters. The standard InChI is InChI=1S/C9H6ClN5O2/c10-7-6-8(12-3-11-6)14-9(13-7)15-2-4(16)1-5(15)17/h3H,1-2H2,(H,11,12,13,14). The fraction of sp³-hybridized carbons (Fsp3) is 0.222. The summed E-state index contributed by atoms with van der Waals surface area (Å²) in [6.07, 6.45) is 1.32. The summed E-state index contributed by atoms with van der Waals surface area (Å²) in [6.45, 7) is -0.00884. The third-order valence-corrected chi connectivity index (χ3v) is 2.73. The van der Waals surface area contributed by atoms with Crippen molar-refractivity contribution in [3.8, 4) is 0 Å². The molecule has 0 bridgehead atoms. The minimum absolute atomic E-state index is 0.00884. The number of aromatic nitrogens is 4. The molecule has 0 aromatic carbocycles. The Kier molecular flexibility index (Phi) is 2.08. The van der Waals surface area contributed by atoms with Crippen LogP contribution in [0.4, 0.5) is 5.95 Å². The van der Waals surface area contributed by atoms with Crippen molar-refractivity contribution in [1.29, 1.82) is 0 Å². The molecule has 17 heavy (non-hydrogen) atoms. The molecule has 1 aliphatic heterocycles. The van der Waals surface area contributed by atoms with E-state index < -0.39 is 0 Å². The molecule has 0 unspecified atom stereocenters. The minimum Gasteiger partial charge on any atom is -0.341 e. The van der Waals surface area contributed by atoms with E-state index in [1.165, 1.54) is 11.2 Å². The van der Waals surface area contributed by atoms with Crippen molar-refractivity contribution < 1.29 is 9.59 Å². The zero-order valence-corrected chi connectivity index (χ0v) is 9.23. The monoisotopic (exact) mass is 251 g/mol. The quantitative estimate of drug-likeness (QED) is 0.582. The average molecular weight is 252 g/mol. The van der Waals surface area contributed by atoms with E-state index in [4.69, 9.17) is 11.6 Å². The van der Waals surface area contributed by atoms with Crippen molar-refractivity contribution in [1.82, 2.24) is 19.9 Å². The highest BCUT2D eigenvalue weighted by Crippen LogP contribution is 2.22. The molecule has 0 spiro atoms. The fourth-order valence-electron chi connectivity index (χ4n) is 1.67. The van der Waals surface area contributed by atoms with Crippen LogP contribution in [-0.4, -0.2) is 38.2 Å². The summed E-state index contributed by atoms with van der Waals surface area (Å²) in [4.78, 5) is 38.7. The van der Waals surface area contributed by atoms with E-state index in [9.17, 15) is 9.59 Å². The van der Waals surface area contributed by atoms with Gasteiger partial charge in [0.1, 0.15) is 5.52 Å². The molecule has 2 aromatic rings. The molecular weight excluding hydrogens is 246 g/mol. The summed E-state index contributed by atoms with van der Waals surface area (Å²) in [7, 11) is 0. The topological polar surface area (TPSA) is 91.8 Å². The lowest BCUT2D eigenvalue weighted by molar-refractivity contribution is -0.121. The first-order chi connectivity index (χ1) is 8.15. The number of nitrogens with one attached hydrogen (secondary N) is 1. The molecule has 1 aliphatic rings. The third kappa shape index (κ3) is 1.55. The molecule has 1 amide bonds. The first-order valence-electron chi connectivity index (χ1n) is 4.84. The second kappa shape index (κ2) is 3.49. The highest BCUT2D eigenvalue weighted by molar-refractivity contribution is 6.33. The van der Waals surface area contributed by atoms with E-state index in [2.05, 4.69) is 19.9 Å². The van der Waals surface area contributed by atoms with Gasteiger partial charge < -0.3 is 4.98 Å². The van der Waals surface area contributed by atoms with Crippen LogP contribution in [0.5, 0.6) is 0 Å². The lowest BCUT2D eigenvalue weighted by Gasteiger charge is -2.11. The van der Waals surface area contributed by atoms with Crippen molar-refractivity contribution >= 4 is 40.4 Å². The number of nitrogens with zero attached hydrogens (tertiary/aromatic N) is 4. The average Bonchev–Trinajstić information content (AvgIpc) is 2.84. The van der Waals surface area contributed by atoms with E-state index in [0.717, 1.165) is 0 Å². The smallest absolute Gasteiger partial charge is 0.237 e. The largest absolute Gasteiger partial charge is 0.341 e. The van der Waals surface area contributed by atoms with Crippen LogP contribution in [0, 0.1) is 0 Å². The molecular formula is C9H6ClN5O2. The zero-order valence-electron chi connectivity index (χ0n) is 8.47. The van der Waals surface area contributed by atoms with E-state index in [1.807, 2.05) is 0 Å². The number of hydrogen-bond acceptors (Lipinski definition) is 5. The van der Waals surface area contributed by atoms with Crippen molar-refractivity contribution in [3.63, 3.8) is 0 Å². The highest BCUT2D eigenvalue weighted by atomic mass is 35.5. The van der Waals surface area contributed by atoms with Gasteiger partial charge in [-0.2, -0.15) is 9.97 Å². The van der Waals surface area contributed by atoms with Gasteiger partial charge in [-0.15, -0.1) is 0 Å². The molecule has 0 saturated carbocycles. The Labute approximate surface area is 99.8 Å². The number of imidazole rings is 1. The number of H-pyrrole nitrogens is 1. The number of Topliss-reactive ketones (excluding diaryl/α,β-unsaturated/α-hetero) is 1. The number of ketones is 1. The molecule has 7 nitrogen and oxygen atoms in total. The number of carbonyl (C=O) groups excluding carboxylic acids is 2. The molecule has 1 N–H and O–H groups in total. The van der Waals surface area contributed by atoms with Crippen LogP contribution < -0.4 is 4.90 Å². The van der Waals surface area contributed by atoms with Crippen molar-refractivity contribution in [2.45, 2.75) is 6.42 Å². The normalized spacial score (nSPS) is 16.2. The fourth-order valence-corrected chi connectivity index (χ4v) is 1.89. The Balaban J connectivity index is 2.11. The first-order valence-corrected chi connectivity index (χ1v) is 5.21. The Bertz CT molecular complexity index is 637. The molecule has 0 radical (unpaired) electrons. The number of carbonyl (C=O) groups is 2. The predicted octanol–water partition coefficient (Wildman–Crippen LogP) is 0.312. The van der Waals surface area contributed by atoms with Gasteiger partial charge in [-0.1, -0.05) is 11.6 Å². The van der Waals surface area contributed by atoms with Crippen LogP contribution in [0.25, 0.3) is 11.2 Å². The number of anilines is 1. The van der Waals surface area contributed by atoms with E-state index in [-0.39, 0.29) is 35.8 Å². The van der Waals surface area contributed by atoms with Crippen LogP contribution in [0.1, 0.15) is 6.42 Å². The first kappa shape index (κ1) is 10.2. The minimum atomic E-state index is -0.319. The molecule has 8 heteroatoms. The Morgan fingerprint density at radius 3 is 2.88 bits per heavy atom. The van der Waals surface area contributed by atoms with Crippen LogP contribution in [0.3, 0.4) is 0 Å². The summed E-state index contributed by atoms with van der Waals surface area (Å²) >= 11 is 5.92. The van der Waals surface area contributed by atoms with E-state index >= 15 is 0 Å². The van der Waals surface area contributed by atoms with E-state index in [0.29, 0.717) is 11.2 Å². The van der Waals surface area contributed by atoms with Crippen LogP contribution in [0.15, 0.2) is 6.33 Å². The van der Waals surface area contributed by atoms with Gasteiger partial charge in [-0.3, -0.25) is 14.5 Å². The van der Waals surface area contributed by atoms with Gasteiger partial charge in [0.05, 0.1) is 19.3 Å². The van der Waals surface area contributed by atoms with Gasteiger partial charge in [0.2, 0.25) is 11.9 Å². The van der Waals surface area contributed by atoms with Crippen molar-refractivity contribution in [3.05, 3.63) is 11.5 Å². The molecule has 3 rings (SSSR count). The second-order valence-corrected chi connectivity index (χ2v) is 3.97. The zero-order chi connectivity index (χ0) is 12.0. The number of aromatic amines is 1. The summed E-state index contributed by atoms with van der Waals surface area (Å²) in [6, 6.07) is 0. The second-order valence-electron chi connectivity index (χ2n) is 3.61. The van der Waals surface area contributed by atoms with Crippen LogP contribution >= 0.6 is 11.6 Å². The lowest BCUT2D eigenvalue weighted by atomic mass is 10.3. The number of amides is 1. The van der Waals surface area contributed by atoms with Crippen molar-refractivity contribution in [2.75, 3.05) is 11.4 Å². The molecule has 86 valence electrons. The Hall–Kier alpha value is -2.02. The van der Waals surface area contributed by atoms with Gasteiger partial charge >= 0.3 is 0 Å². The highest BCUT2D eigenvalue weighted by Gasteiger charge is 2.31. The number of halogens is 1. The van der Waals surface area contributed by atoms with Gasteiger partial charge in [-0.25, -0.2) is 4.98 Å². The number of fused-ring (bicyclic) bond motifs is 1. The molecule has 1 saturated heterocycles. The maximum Gasteiger partial charge on any atom is 0.237 e. The number of rotatable bonds is 1. The van der Waals surface area contributed by atoms with Gasteiger partial charge in [0.15, 0.2) is 16.6 Å². The maximum absolute atomic E-state index is 11.5. The van der Waals surface area contributed by atoms with E-state index in [1.54, 1.807) is 0 Å². The Morgan fingerprint density at radius 1 is 1.35 bits per heavy atom. The number of hydrogen-bond donors (Lipinski definition) is 1. The van der Waals surface area contributed by atoms with Crippen LogP contribution in [-0.2, 0) is 9.59 Å². The van der Waals surface area contributed by atoms with Gasteiger partial charge in [-0.05, 0) is 0 Å². The maximum atomic E-state index is 11.5. The third-order valence-electron chi connectivity index (χ3n) is 2.46. The molecule has 2 aromatic heterocycles. The van der Waals surface area contributed by atoms with Crippen molar-refractivity contribution in [2.24, 2.45) is 0 Å². The summed E-state index contributed by atoms with van der Waals surface area (Å²) in [5.74, 6) is -0.358.